The number of likely N-dealkylation sites (N-methyl/N-ethyl adjacent to an activating group) is 1. The van der Waals surface area contributed by atoms with Gasteiger partial charge < -0.3 is 0 Å². The minimum absolute atomic E-state index is 0.719. The molecule has 0 aromatic heterocycles. The molecule has 0 aliphatic carbocycles. The molecule has 2 heteroatoms. The summed E-state index contributed by atoms with van der Waals surface area (Å²) in [5.74, 6) is 1.09. The van der Waals surface area contributed by atoms with Crippen LogP contribution in [0.5, 0.6) is 0 Å². The van der Waals surface area contributed by atoms with Crippen LogP contribution in [0.3, 0.4) is 0 Å². The Morgan fingerprint density at radius 2 is 2.20 bits per heavy atom. The Kier molecular flexibility index (Phi) is 0.939. The lowest BCUT2D eigenvalue weighted by Crippen LogP contribution is -2.36. The molecule has 0 spiro atoms. The van der Waals surface area contributed by atoms with Crippen LogP contribution in [-0.4, -0.2) is 17.4 Å². The summed E-state index contributed by atoms with van der Waals surface area (Å²) in [5, 5.41) is 0. The lowest BCUT2D eigenvalue weighted by Gasteiger charge is -2.21. The summed E-state index contributed by atoms with van der Waals surface area (Å²) in [6, 6.07) is 0. The van der Waals surface area contributed by atoms with E-state index in [0.29, 0.717) is 0 Å². The third-order valence-electron chi connectivity index (χ3n) is 1.83. The molecule has 2 aliphatic rings. The van der Waals surface area contributed by atoms with Crippen LogP contribution in [0, 0.1) is 0 Å². The highest BCUT2D eigenvalue weighted by atomic mass is 15.4. The molecule has 0 saturated carbocycles. The Morgan fingerprint density at radius 3 is 3.00 bits per heavy atom. The first-order valence-electron chi connectivity index (χ1n) is 3.29. The fourth-order valence-electron chi connectivity index (χ4n) is 1.15. The van der Waals surface area contributed by atoms with Crippen LogP contribution in [-0.2, 0) is 0 Å². The molecule has 50 valence electrons. The van der Waals surface area contributed by atoms with Crippen LogP contribution in [0.15, 0.2) is 41.8 Å². The third-order valence-corrected chi connectivity index (χ3v) is 1.83. The van der Waals surface area contributed by atoms with E-state index in [4.69, 9.17) is 0 Å². The lowest BCUT2D eigenvalue weighted by atomic mass is 10.3. The van der Waals surface area contributed by atoms with Crippen LogP contribution in [0.4, 0.5) is 0 Å². The quantitative estimate of drug-likeness (QED) is 0.443. The number of hydrogen-bond acceptors (Lipinski definition) is 1. The van der Waals surface area contributed by atoms with Crippen molar-refractivity contribution in [1.29, 1.82) is 0 Å². The van der Waals surface area contributed by atoms with Gasteiger partial charge in [0.25, 0.3) is 0 Å². The number of nitrogens with zero attached hydrogens (tertiary/aromatic N) is 2. The first-order chi connectivity index (χ1) is 4.81. The molecule has 0 amide bonds. The van der Waals surface area contributed by atoms with Crippen molar-refractivity contribution in [3.63, 3.8) is 0 Å². The molecular weight excluding hydrogens is 124 g/mol. The number of hydrogen-bond donors (Lipinski definition) is 0. The monoisotopic (exact) mass is 133 g/mol. The van der Waals surface area contributed by atoms with Gasteiger partial charge in [-0.25, -0.2) is 4.48 Å². The summed E-state index contributed by atoms with van der Waals surface area (Å²) < 4.78 is 0.719. The Morgan fingerprint density at radius 1 is 1.30 bits per heavy atom. The fraction of sp³-hybridized carbons (Fsp3) is 0.125. The van der Waals surface area contributed by atoms with Crippen molar-refractivity contribution in [1.82, 2.24) is 0 Å². The van der Waals surface area contributed by atoms with Crippen molar-refractivity contribution in [3.8, 4) is 0 Å². The molecule has 0 saturated heterocycles. The number of amidine groups is 1. The highest BCUT2D eigenvalue weighted by Crippen LogP contribution is 2.18. The fourth-order valence-corrected chi connectivity index (χ4v) is 1.15. The van der Waals surface area contributed by atoms with Gasteiger partial charge in [0.1, 0.15) is 12.4 Å². The van der Waals surface area contributed by atoms with Crippen molar-refractivity contribution in [2.45, 2.75) is 0 Å². The second kappa shape index (κ2) is 1.67. The van der Waals surface area contributed by atoms with E-state index >= 15 is 0 Å². The molecule has 0 unspecified atom stereocenters. The molecule has 0 bridgehead atoms. The number of aliphatic imine (C=N–C) groups is 1. The maximum atomic E-state index is 4.20. The molecule has 0 aromatic carbocycles. The first-order valence-corrected chi connectivity index (χ1v) is 3.29. The average molecular weight is 133 g/mol. The minimum Gasteiger partial charge on any atom is -0.224 e. The van der Waals surface area contributed by atoms with E-state index in [9.17, 15) is 0 Å². The maximum Gasteiger partial charge on any atom is 0.236 e. The van der Waals surface area contributed by atoms with Crippen LogP contribution in [0.2, 0.25) is 0 Å². The second-order valence-electron chi connectivity index (χ2n) is 2.63. The molecule has 0 radical (unpaired) electrons. The van der Waals surface area contributed by atoms with Gasteiger partial charge in [-0.1, -0.05) is 0 Å². The van der Waals surface area contributed by atoms with Crippen LogP contribution < -0.4 is 0 Å². The van der Waals surface area contributed by atoms with E-state index in [1.165, 1.54) is 0 Å². The predicted octanol–water partition coefficient (Wildman–Crippen LogP) is 1.40. The standard InChI is InChI=1S/C8H9N2/c1-10-6-3-2-4-8(10)9-5-7-10/h2-7H,1H3/q+1/t10-/m1/s1. The zero-order valence-corrected chi connectivity index (χ0v) is 5.86. The molecular formula is C8H9N2+. The Balaban J connectivity index is 2.51. The van der Waals surface area contributed by atoms with Crippen molar-refractivity contribution in [2.24, 2.45) is 4.99 Å². The largest absolute Gasteiger partial charge is 0.236 e. The first kappa shape index (κ1) is 5.62. The summed E-state index contributed by atoms with van der Waals surface area (Å²) >= 11 is 0. The van der Waals surface area contributed by atoms with E-state index in [0.717, 1.165) is 10.3 Å². The highest BCUT2D eigenvalue weighted by molar-refractivity contribution is 5.90. The normalized spacial score (nSPS) is 34.3. The van der Waals surface area contributed by atoms with Crippen molar-refractivity contribution < 1.29 is 4.48 Å². The van der Waals surface area contributed by atoms with Gasteiger partial charge in [-0.15, -0.1) is 0 Å². The number of quaternary nitrogens is 1. The number of allylic oxidation sites excluding steroid dienone is 2. The zero-order chi connectivity index (χ0) is 7.03. The van der Waals surface area contributed by atoms with E-state index in [-0.39, 0.29) is 0 Å². The topological polar surface area (TPSA) is 12.4 Å². The smallest absolute Gasteiger partial charge is 0.224 e. The summed E-state index contributed by atoms with van der Waals surface area (Å²) in [4.78, 5) is 4.20. The van der Waals surface area contributed by atoms with Gasteiger partial charge in [0.2, 0.25) is 5.84 Å². The van der Waals surface area contributed by atoms with E-state index in [1.54, 1.807) is 0 Å². The van der Waals surface area contributed by atoms with Crippen molar-refractivity contribution in [3.05, 3.63) is 36.8 Å². The average Bonchev–Trinajstić information content (AvgIpc) is 2.29. The molecule has 2 heterocycles. The Hall–Kier alpha value is -1.15. The van der Waals surface area contributed by atoms with Gasteiger partial charge in [-0.2, -0.15) is 4.99 Å². The van der Waals surface area contributed by atoms with Gasteiger partial charge in [0, 0.05) is 6.08 Å². The van der Waals surface area contributed by atoms with Gasteiger partial charge in [0.15, 0.2) is 0 Å². The minimum atomic E-state index is 0.719. The summed E-state index contributed by atoms with van der Waals surface area (Å²) in [6.07, 6.45) is 12.1. The van der Waals surface area contributed by atoms with E-state index in [1.807, 2.05) is 24.4 Å². The summed E-state index contributed by atoms with van der Waals surface area (Å²) in [5.41, 5.74) is 0. The SMILES string of the molecule is C[N@+]12C=CC=CC1=NC=C2. The number of fused-ring (bicyclic) bond motifs is 1. The second-order valence-corrected chi connectivity index (χ2v) is 2.63. The van der Waals surface area contributed by atoms with Gasteiger partial charge >= 0.3 is 0 Å². The van der Waals surface area contributed by atoms with Crippen molar-refractivity contribution >= 4 is 5.84 Å². The summed E-state index contributed by atoms with van der Waals surface area (Å²) in [6.45, 7) is 0. The summed E-state index contributed by atoms with van der Waals surface area (Å²) in [7, 11) is 2.10. The van der Waals surface area contributed by atoms with E-state index in [2.05, 4.69) is 24.4 Å². The van der Waals surface area contributed by atoms with Gasteiger partial charge in [-0.3, -0.25) is 0 Å². The van der Waals surface area contributed by atoms with Gasteiger partial charge in [-0.05, 0) is 12.2 Å². The lowest BCUT2D eigenvalue weighted by molar-refractivity contribution is -0.703. The molecule has 1 atom stereocenters. The highest BCUT2D eigenvalue weighted by Gasteiger charge is 2.27. The Bertz CT molecular complexity index is 271. The third kappa shape index (κ3) is 0.595. The van der Waals surface area contributed by atoms with E-state index < -0.39 is 0 Å². The molecule has 0 N–H and O–H groups in total. The van der Waals surface area contributed by atoms with Crippen LogP contribution >= 0.6 is 0 Å². The molecule has 2 aliphatic heterocycles. The molecule has 2 nitrogen and oxygen atoms in total. The van der Waals surface area contributed by atoms with Crippen LogP contribution in [0.25, 0.3) is 0 Å². The molecule has 0 aromatic rings. The van der Waals surface area contributed by atoms with Crippen molar-refractivity contribution in [2.75, 3.05) is 7.05 Å². The molecule has 10 heavy (non-hydrogen) atoms. The Labute approximate surface area is 60.1 Å². The predicted molar refractivity (Wildman–Crippen MR) is 41.0 cm³/mol. The number of rotatable bonds is 0. The molecule has 0 fully saturated rings. The molecule has 2 rings (SSSR count). The maximum absolute atomic E-state index is 4.20. The zero-order valence-electron chi connectivity index (χ0n) is 5.86. The van der Waals surface area contributed by atoms with Gasteiger partial charge in [0.05, 0.1) is 13.2 Å². The van der Waals surface area contributed by atoms with Crippen LogP contribution in [0.1, 0.15) is 0 Å².